The summed E-state index contributed by atoms with van der Waals surface area (Å²) >= 11 is 5.84. The first-order valence-corrected chi connectivity index (χ1v) is 9.81. The molecule has 0 aliphatic carbocycles. The second-order valence-electron chi connectivity index (χ2n) is 6.10. The third kappa shape index (κ3) is 3.56. The smallest absolute Gasteiger partial charge is 0.255 e. The Balaban J connectivity index is 1.76. The molecule has 3 rings (SSSR count). The third-order valence-electron chi connectivity index (χ3n) is 4.33. The van der Waals surface area contributed by atoms with Crippen molar-refractivity contribution in [2.24, 2.45) is 0 Å². The lowest BCUT2D eigenvalue weighted by atomic mass is 10.1. The number of rotatable bonds is 3. The Bertz CT molecular complexity index is 982. The molecule has 0 atom stereocenters. The van der Waals surface area contributed by atoms with Gasteiger partial charge >= 0.3 is 0 Å². The highest BCUT2D eigenvalue weighted by atomic mass is 35.5. The van der Waals surface area contributed by atoms with Crippen molar-refractivity contribution in [2.75, 3.05) is 26.2 Å². The van der Waals surface area contributed by atoms with Gasteiger partial charge in [-0.05, 0) is 26.0 Å². The van der Waals surface area contributed by atoms with Gasteiger partial charge in [0.25, 0.3) is 5.91 Å². The molecule has 0 bridgehead atoms. The van der Waals surface area contributed by atoms with Gasteiger partial charge in [-0.15, -0.1) is 0 Å². The number of aryl methyl sites for hydroxylation is 2. The molecule has 11 heteroatoms. The lowest BCUT2D eigenvalue weighted by Gasteiger charge is -2.34. The van der Waals surface area contributed by atoms with Crippen LogP contribution in [0, 0.1) is 25.5 Å². The minimum Gasteiger partial charge on any atom is -0.360 e. The molecule has 7 nitrogen and oxygen atoms in total. The summed E-state index contributed by atoms with van der Waals surface area (Å²) in [7, 11) is -3.81. The van der Waals surface area contributed by atoms with E-state index in [4.69, 9.17) is 16.1 Å². The Hall–Kier alpha value is -2.04. The molecule has 2 heterocycles. The average molecular weight is 420 g/mol. The van der Waals surface area contributed by atoms with E-state index in [0.717, 1.165) is 12.1 Å². The molecule has 1 aromatic carbocycles. The molecule has 1 fully saturated rings. The number of hydrogen-bond acceptors (Lipinski definition) is 5. The molecule has 2 aromatic rings. The van der Waals surface area contributed by atoms with E-state index < -0.39 is 27.6 Å². The fraction of sp³-hybridized carbons (Fsp3) is 0.375. The van der Waals surface area contributed by atoms with Crippen LogP contribution in [-0.4, -0.2) is 54.9 Å². The maximum atomic E-state index is 13.4. The summed E-state index contributed by atoms with van der Waals surface area (Å²) in [6.45, 7) is 3.29. The second-order valence-corrected chi connectivity index (χ2v) is 8.38. The van der Waals surface area contributed by atoms with Gasteiger partial charge in [-0.3, -0.25) is 4.79 Å². The number of hydrogen-bond donors (Lipinski definition) is 0. The number of aromatic nitrogens is 1. The molecule has 1 aliphatic heterocycles. The monoisotopic (exact) mass is 419 g/mol. The zero-order chi connectivity index (χ0) is 19.9. The van der Waals surface area contributed by atoms with Crippen LogP contribution in [0.15, 0.2) is 21.6 Å². The van der Waals surface area contributed by atoms with Gasteiger partial charge in [-0.1, -0.05) is 16.8 Å². The first-order chi connectivity index (χ1) is 12.6. The summed E-state index contributed by atoms with van der Waals surface area (Å²) in [6.07, 6.45) is 0. The van der Waals surface area contributed by atoms with Crippen LogP contribution in [0.5, 0.6) is 0 Å². The fourth-order valence-corrected chi connectivity index (χ4v) is 4.90. The Kier molecular flexibility index (Phi) is 5.24. The van der Waals surface area contributed by atoms with Crippen molar-refractivity contribution in [2.45, 2.75) is 18.7 Å². The maximum Gasteiger partial charge on any atom is 0.255 e. The van der Waals surface area contributed by atoms with Crippen LogP contribution in [0.25, 0.3) is 0 Å². The van der Waals surface area contributed by atoms with Gasteiger partial charge in [0.2, 0.25) is 10.0 Å². The van der Waals surface area contributed by atoms with Crippen LogP contribution in [0.1, 0.15) is 21.8 Å². The maximum absolute atomic E-state index is 13.4. The van der Waals surface area contributed by atoms with Crippen molar-refractivity contribution in [1.82, 2.24) is 14.4 Å². The van der Waals surface area contributed by atoms with E-state index in [1.807, 2.05) is 0 Å². The second kappa shape index (κ2) is 7.17. The largest absolute Gasteiger partial charge is 0.360 e. The number of piperazine rings is 1. The highest BCUT2D eigenvalue weighted by Gasteiger charge is 2.34. The van der Waals surface area contributed by atoms with E-state index in [9.17, 15) is 22.0 Å². The van der Waals surface area contributed by atoms with Gasteiger partial charge in [0.15, 0.2) is 17.4 Å². The number of halogens is 3. The van der Waals surface area contributed by atoms with Crippen LogP contribution in [0.4, 0.5) is 8.78 Å². The summed E-state index contributed by atoms with van der Waals surface area (Å²) in [4.78, 5) is 13.9. The first-order valence-electron chi connectivity index (χ1n) is 7.99. The van der Waals surface area contributed by atoms with E-state index in [-0.39, 0.29) is 53.1 Å². The lowest BCUT2D eigenvalue weighted by molar-refractivity contribution is 0.0697. The summed E-state index contributed by atoms with van der Waals surface area (Å²) in [6, 6.07) is 1.48. The zero-order valence-corrected chi connectivity index (χ0v) is 16.1. The molecular formula is C16H16ClF2N3O4S. The van der Waals surface area contributed by atoms with E-state index in [2.05, 4.69) is 5.16 Å². The third-order valence-corrected chi connectivity index (χ3v) is 6.79. The molecule has 27 heavy (non-hydrogen) atoms. The Labute approximate surface area is 159 Å². The van der Waals surface area contributed by atoms with Crippen molar-refractivity contribution in [3.8, 4) is 0 Å². The Morgan fingerprint density at radius 1 is 1.15 bits per heavy atom. The number of amides is 1. The number of nitrogens with zero attached hydrogens (tertiary/aromatic N) is 3. The van der Waals surface area contributed by atoms with E-state index in [1.54, 1.807) is 0 Å². The molecule has 146 valence electrons. The van der Waals surface area contributed by atoms with Gasteiger partial charge < -0.3 is 9.42 Å². The minimum atomic E-state index is -3.81. The van der Waals surface area contributed by atoms with Crippen molar-refractivity contribution < 1.29 is 26.5 Å². The van der Waals surface area contributed by atoms with Crippen LogP contribution < -0.4 is 0 Å². The Morgan fingerprint density at radius 3 is 2.30 bits per heavy atom. The number of carbonyl (C=O) groups is 1. The van der Waals surface area contributed by atoms with E-state index in [0.29, 0.717) is 0 Å². The molecule has 1 saturated heterocycles. The quantitative estimate of drug-likeness (QED) is 0.713. The van der Waals surface area contributed by atoms with Crippen molar-refractivity contribution in [3.63, 3.8) is 0 Å². The highest BCUT2D eigenvalue weighted by Crippen LogP contribution is 2.26. The Morgan fingerprint density at radius 2 is 1.74 bits per heavy atom. The van der Waals surface area contributed by atoms with Gasteiger partial charge in [0.1, 0.15) is 10.6 Å². The lowest BCUT2D eigenvalue weighted by Crippen LogP contribution is -2.50. The molecule has 0 N–H and O–H groups in total. The van der Waals surface area contributed by atoms with Gasteiger partial charge in [-0.2, -0.15) is 4.31 Å². The predicted molar refractivity (Wildman–Crippen MR) is 92.0 cm³/mol. The number of benzene rings is 1. The van der Waals surface area contributed by atoms with Crippen LogP contribution in [0.2, 0.25) is 5.02 Å². The fourth-order valence-electron chi connectivity index (χ4n) is 2.96. The molecule has 0 unspecified atom stereocenters. The van der Waals surface area contributed by atoms with Crippen LogP contribution in [-0.2, 0) is 10.0 Å². The molecule has 1 aromatic heterocycles. The summed E-state index contributed by atoms with van der Waals surface area (Å²) in [5, 5.41) is 3.45. The van der Waals surface area contributed by atoms with Crippen molar-refractivity contribution >= 4 is 27.5 Å². The highest BCUT2D eigenvalue weighted by molar-refractivity contribution is 7.89. The van der Waals surface area contributed by atoms with Crippen molar-refractivity contribution in [1.29, 1.82) is 0 Å². The van der Waals surface area contributed by atoms with E-state index in [1.165, 1.54) is 23.1 Å². The molecule has 0 spiro atoms. The summed E-state index contributed by atoms with van der Waals surface area (Å²) in [5.41, 5.74) is 0.0946. The van der Waals surface area contributed by atoms with Crippen LogP contribution >= 0.6 is 11.6 Å². The summed E-state index contributed by atoms with van der Waals surface area (Å²) < 4.78 is 58.3. The van der Waals surface area contributed by atoms with Gasteiger partial charge in [0, 0.05) is 26.2 Å². The molecule has 0 saturated carbocycles. The standard InChI is InChI=1S/C16H16ClF2N3O4S/c1-9-15(10(2)26-20-9)27(24,25)22-5-3-21(4-6-22)16(23)11-7-13(18)14(19)8-12(11)17/h7-8H,3-6H2,1-2H3. The summed E-state index contributed by atoms with van der Waals surface area (Å²) in [5.74, 6) is -2.72. The molecule has 0 radical (unpaired) electrons. The van der Waals surface area contributed by atoms with Gasteiger partial charge in [0.05, 0.1) is 10.6 Å². The zero-order valence-electron chi connectivity index (χ0n) is 14.5. The topological polar surface area (TPSA) is 83.7 Å². The van der Waals surface area contributed by atoms with Crippen molar-refractivity contribution in [3.05, 3.63) is 45.8 Å². The average Bonchev–Trinajstić information content (AvgIpc) is 2.97. The van der Waals surface area contributed by atoms with Crippen LogP contribution in [0.3, 0.4) is 0 Å². The molecular weight excluding hydrogens is 404 g/mol. The molecule has 1 amide bonds. The minimum absolute atomic E-state index is 0.0194. The van der Waals surface area contributed by atoms with Gasteiger partial charge in [-0.25, -0.2) is 17.2 Å². The number of carbonyl (C=O) groups excluding carboxylic acids is 1. The predicted octanol–water partition coefficient (Wildman–Crippen LogP) is 2.37. The van der Waals surface area contributed by atoms with E-state index >= 15 is 0 Å². The first kappa shape index (κ1) is 19.7. The SMILES string of the molecule is Cc1noc(C)c1S(=O)(=O)N1CCN(C(=O)c2cc(F)c(F)cc2Cl)CC1. The normalized spacial score (nSPS) is 16.0. The number of sulfonamides is 1. The molecule has 1 aliphatic rings.